The zero-order valence-corrected chi connectivity index (χ0v) is 19.8. The van der Waals surface area contributed by atoms with Gasteiger partial charge in [0.1, 0.15) is 18.2 Å². The quantitative estimate of drug-likeness (QED) is 0.415. The monoisotopic (exact) mass is 508 g/mol. The van der Waals surface area contributed by atoms with Gasteiger partial charge in [-0.15, -0.1) is 0 Å². The third kappa shape index (κ3) is 4.20. The minimum absolute atomic E-state index is 0.00773. The fourth-order valence-electron chi connectivity index (χ4n) is 4.56. The lowest BCUT2D eigenvalue weighted by Crippen LogP contribution is -2.44. The Morgan fingerprint density at radius 3 is 2.69 bits per heavy atom. The van der Waals surface area contributed by atoms with Gasteiger partial charge in [-0.25, -0.2) is 13.9 Å². The Kier molecular flexibility index (Phi) is 6.19. The highest BCUT2D eigenvalue weighted by Gasteiger charge is 2.35. The Morgan fingerprint density at radius 1 is 1.14 bits per heavy atom. The van der Waals surface area contributed by atoms with E-state index < -0.39 is 23.7 Å². The number of imidazole rings is 1. The lowest BCUT2D eigenvalue weighted by molar-refractivity contribution is -0.137. The molecule has 36 heavy (non-hydrogen) atoms. The molecule has 0 aliphatic carbocycles. The average Bonchev–Trinajstić information content (AvgIpc) is 3.59. The van der Waals surface area contributed by atoms with Crippen LogP contribution in [0.15, 0.2) is 61.1 Å². The molecule has 1 fully saturated rings. The van der Waals surface area contributed by atoms with Crippen LogP contribution in [-0.2, 0) is 16.1 Å². The van der Waals surface area contributed by atoms with Gasteiger partial charge in [-0.05, 0) is 25.0 Å². The summed E-state index contributed by atoms with van der Waals surface area (Å²) in [5.41, 5.74) is 6.74. The number of likely N-dealkylation sites (tertiary alicyclic amines) is 1. The summed E-state index contributed by atoms with van der Waals surface area (Å²) >= 11 is 6.23. The lowest BCUT2D eigenvalue weighted by atomic mass is 10.0. The minimum Gasteiger partial charge on any atom is -0.365 e. The summed E-state index contributed by atoms with van der Waals surface area (Å²) in [5, 5.41) is 3.03. The third-order valence-electron chi connectivity index (χ3n) is 6.28. The summed E-state index contributed by atoms with van der Waals surface area (Å²) in [4.78, 5) is 43.6. The number of hydrogen-bond acceptors (Lipinski definition) is 4. The van der Waals surface area contributed by atoms with Crippen molar-refractivity contribution < 1.29 is 18.8 Å². The van der Waals surface area contributed by atoms with Gasteiger partial charge in [0.15, 0.2) is 11.5 Å². The largest absolute Gasteiger partial charge is 0.365 e. The molecule has 184 valence electrons. The lowest BCUT2D eigenvalue weighted by Gasteiger charge is -2.24. The van der Waals surface area contributed by atoms with Crippen LogP contribution >= 0.6 is 11.6 Å². The number of amides is 3. The van der Waals surface area contributed by atoms with Crippen LogP contribution in [0.25, 0.3) is 16.8 Å². The molecule has 1 aliphatic heterocycles. The van der Waals surface area contributed by atoms with E-state index in [1.165, 1.54) is 28.0 Å². The van der Waals surface area contributed by atoms with Crippen LogP contribution in [0.3, 0.4) is 0 Å². The molecule has 1 atom stereocenters. The number of nitrogens with one attached hydrogen (secondary N) is 1. The van der Waals surface area contributed by atoms with Gasteiger partial charge in [0, 0.05) is 41.3 Å². The highest BCUT2D eigenvalue weighted by Crippen LogP contribution is 2.33. The second-order valence-corrected chi connectivity index (χ2v) is 8.89. The molecule has 3 N–H and O–H groups in total. The molecule has 0 radical (unpaired) electrons. The number of anilines is 1. The van der Waals surface area contributed by atoms with Gasteiger partial charge in [-0.1, -0.05) is 41.9 Å². The minimum atomic E-state index is -0.759. The van der Waals surface area contributed by atoms with Crippen molar-refractivity contribution in [1.29, 1.82) is 0 Å². The molecule has 1 aliphatic rings. The number of carbonyl (C=O) groups is 3. The molecule has 3 amide bonds. The number of nitrogens with two attached hydrogens (primary N) is 1. The maximum Gasteiger partial charge on any atom is 0.254 e. The van der Waals surface area contributed by atoms with E-state index in [9.17, 15) is 14.4 Å². The van der Waals surface area contributed by atoms with Crippen molar-refractivity contribution in [1.82, 2.24) is 19.1 Å². The van der Waals surface area contributed by atoms with Crippen molar-refractivity contribution in [2.45, 2.75) is 25.4 Å². The topological polar surface area (TPSA) is 115 Å². The summed E-state index contributed by atoms with van der Waals surface area (Å²) in [6.45, 7) is 0.260. The Balaban J connectivity index is 1.34. The Labute approximate surface area is 210 Å². The zero-order valence-electron chi connectivity index (χ0n) is 19.0. The average molecular weight is 509 g/mol. The molecule has 3 heterocycles. The van der Waals surface area contributed by atoms with Crippen molar-refractivity contribution >= 4 is 40.7 Å². The molecule has 11 heteroatoms. The fourth-order valence-corrected chi connectivity index (χ4v) is 4.80. The zero-order chi connectivity index (χ0) is 25.4. The summed E-state index contributed by atoms with van der Waals surface area (Å²) < 4.78 is 18.4. The van der Waals surface area contributed by atoms with Gasteiger partial charge in [-0.3, -0.25) is 19.1 Å². The second-order valence-electron chi connectivity index (χ2n) is 8.48. The molecule has 4 aromatic rings. The summed E-state index contributed by atoms with van der Waals surface area (Å²) in [6, 6.07) is 10.8. The maximum absolute atomic E-state index is 15.3. The van der Waals surface area contributed by atoms with Crippen LogP contribution in [-0.4, -0.2) is 49.4 Å². The van der Waals surface area contributed by atoms with Crippen molar-refractivity contribution in [3.8, 4) is 11.1 Å². The molecule has 5 rings (SSSR count). The van der Waals surface area contributed by atoms with E-state index in [-0.39, 0.29) is 29.3 Å². The van der Waals surface area contributed by atoms with Crippen LogP contribution < -0.4 is 11.1 Å². The highest BCUT2D eigenvalue weighted by molar-refractivity contribution is 6.33. The molecule has 1 saturated heterocycles. The van der Waals surface area contributed by atoms with E-state index in [4.69, 9.17) is 17.3 Å². The number of hydrogen-bond donors (Lipinski definition) is 2. The predicted octanol–water partition coefficient (Wildman–Crippen LogP) is 3.32. The normalized spacial score (nSPS) is 15.4. The number of halogens is 2. The number of nitrogens with zero attached hydrogens (tertiary/aromatic N) is 4. The number of carbonyl (C=O) groups excluding carboxylic acids is 3. The van der Waals surface area contributed by atoms with E-state index in [1.807, 2.05) is 0 Å². The molecular weight excluding hydrogens is 487 g/mol. The van der Waals surface area contributed by atoms with E-state index >= 15 is 4.39 Å². The van der Waals surface area contributed by atoms with Crippen LogP contribution in [0.1, 0.15) is 23.2 Å². The van der Waals surface area contributed by atoms with E-state index in [0.717, 1.165) is 0 Å². The van der Waals surface area contributed by atoms with Crippen molar-refractivity contribution in [2.75, 3.05) is 11.9 Å². The first-order chi connectivity index (χ1) is 17.3. The van der Waals surface area contributed by atoms with Crippen molar-refractivity contribution in [2.24, 2.45) is 5.73 Å². The second kappa shape index (κ2) is 9.46. The fraction of sp³-hybridized carbons (Fsp3) is 0.200. The van der Waals surface area contributed by atoms with Crippen LogP contribution in [0.4, 0.5) is 10.1 Å². The molecule has 9 nitrogen and oxygen atoms in total. The molecule has 2 aromatic heterocycles. The summed E-state index contributed by atoms with van der Waals surface area (Å²) in [5.74, 6) is -2.06. The van der Waals surface area contributed by atoms with Crippen molar-refractivity contribution in [3.63, 3.8) is 0 Å². The Hall–Kier alpha value is -4.18. The molecule has 0 bridgehead atoms. The van der Waals surface area contributed by atoms with Gasteiger partial charge in [0.05, 0.1) is 5.69 Å². The van der Waals surface area contributed by atoms with Gasteiger partial charge >= 0.3 is 0 Å². The molecule has 0 spiro atoms. The predicted molar refractivity (Wildman–Crippen MR) is 132 cm³/mol. The van der Waals surface area contributed by atoms with Gasteiger partial charge < -0.3 is 16.0 Å². The van der Waals surface area contributed by atoms with Gasteiger partial charge in [0.2, 0.25) is 11.8 Å². The standard InChI is InChI=1S/C25H22ClFN6O3/c26-18-7-2-1-5-15(18)16-6-3-8-19(22(16)27)30-25(36)20-9-4-11-32(20)21(34)14-31-13-17(23(28)35)24-29-10-12-33(24)31/h1-3,5-8,10,12-13,20H,4,9,11,14H2,(H2,28,35)(H,30,36)/t20-/m0/s1. The van der Waals surface area contributed by atoms with Crippen LogP contribution in [0, 0.1) is 5.82 Å². The molecular formula is C25H22ClFN6O3. The molecule has 0 unspecified atom stereocenters. The first-order valence-corrected chi connectivity index (χ1v) is 11.7. The molecule has 0 saturated carbocycles. The third-order valence-corrected chi connectivity index (χ3v) is 6.61. The number of fused-ring (bicyclic) bond motifs is 1. The van der Waals surface area contributed by atoms with Crippen molar-refractivity contribution in [3.05, 3.63) is 77.5 Å². The first-order valence-electron chi connectivity index (χ1n) is 11.3. The number of aromatic nitrogens is 3. The first kappa shape index (κ1) is 23.6. The van der Waals surface area contributed by atoms with E-state index in [0.29, 0.717) is 35.6 Å². The van der Waals surface area contributed by atoms with Crippen LogP contribution in [0.2, 0.25) is 5.02 Å². The molecule has 2 aromatic carbocycles. The smallest absolute Gasteiger partial charge is 0.254 e. The van der Waals surface area contributed by atoms with E-state index in [1.54, 1.807) is 47.1 Å². The number of rotatable bonds is 6. The van der Waals surface area contributed by atoms with E-state index in [2.05, 4.69) is 10.3 Å². The SMILES string of the molecule is NC(=O)c1cn(CC(=O)N2CCC[C@H]2C(=O)Nc2cccc(-c3ccccc3Cl)c2F)n2ccnc12. The van der Waals surface area contributed by atoms with Gasteiger partial charge in [0.25, 0.3) is 5.91 Å². The number of benzene rings is 2. The maximum atomic E-state index is 15.3. The summed E-state index contributed by atoms with van der Waals surface area (Å²) in [7, 11) is 0. The number of primary amides is 1. The summed E-state index contributed by atoms with van der Waals surface area (Å²) in [6.07, 6.45) is 5.65. The Bertz CT molecular complexity index is 1500. The van der Waals surface area contributed by atoms with Crippen LogP contribution in [0.5, 0.6) is 0 Å². The highest BCUT2D eigenvalue weighted by atomic mass is 35.5. The Morgan fingerprint density at radius 2 is 1.92 bits per heavy atom. The van der Waals surface area contributed by atoms with Gasteiger partial charge in [-0.2, -0.15) is 0 Å².